The number of carbonyl (C=O) groups excluding carboxylic acids is 2. The molecule has 3 heteroatoms. The monoisotopic (exact) mass is 217 g/mol. The van der Waals surface area contributed by atoms with Crippen LogP contribution in [0.25, 0.3) is 0 Å². The lowest BCUT2D eigenvalue weighted by Gasteiger charge is -2.28. The van der Waals surface area contributed by atoms with E-state index in [1.807, 2.05) is 37.3 Å². The lowest BCUT2D eigenvalue weighted by Crippen LogP contribution is -2.43. The highest BCUT2D eigenvalue weighted by Crippen LogP contribution is 2.20. The number of piperidine rings is 1. The Hall–Kier alpha value is -1.64. The molecule has 2 amide bonds. The van der Waals surface area contributed by atoms with E-state index in [0.29, 0.717) is 19.4 Å². The number of carbonyl (C=O) groups is 2. The Labute approximate surface area is 95.1 Å². The number of rotatable bonds is 2. The van der Waals surface area contributed by atoms with Crippen molar-refractivity contribution in [3.05, 3.63) is 35.9 Å². The summed E-state index contributed by atoms with van der Waals surface area (Å²) in [7, 11) is 0. The molecular formula is C13H15NO2. The molecule has 0 radical (unpaired) electrons. The van der Waals surface area contributed by atoms with Crippen LogP contribution in [-0.2, 0) is 16.1 Å². The second-order valence-electron chi connectivity index (χ2n) is 4.24. The van der Waals surface area contributed by atoms with Crippen LogP contribution in [0.15, 0.2) is 30.3 Å². The molecule has 0 saturated carbocycles. The van der Waals surface area contributed by atoms with E-state index in [4.69, 9.17) is 0 Å². The zero-order chi connectivity index (χ0) is 11.5. The van der Waals surface area contributed by atoms with E-state index >= 15 is 0 Å². The van der Waals surface area contributed by atoms with Crippen LogP contribution < -0.4 is 0 Å². The van der Waals surface area contributed by atoms with Gasteiger partial charge in [-0.05, 0) is 12.0 Å². The molecule has 3 nitrogen and oxygen atoms in total. The SMILES string of the molecule is CC1CCC(=O)N(Cc2ccccc2)C1=O. The van der Waals surface area contributed by atoms with Crippen molar-refractivity contribution in [2.24, 2.45) is 5.92 Å². The van der Waals surface area contributed by atoms with Gasteiger partial charge in [0, 0.05) is 12.3 Å². The standard InChI is InChI=1S/C13H15NO2/c1-10-7-8-12(15)14(13(10)16)9-11-5-3-2-4-6-11/h2-6,10H,7-9H2,1H3. The van der Waals surface area contributed by atoms with Gasteiger partial charge in [-0.1, -0.05) is 37.3 Å². The zero-order valence-corrected chi connectivity index (χ0v) is 9.35. The van der Waals surface area contributed by atoms with Gasteiger partial charge in [-0.15, -0.1) is 0 Å². The molecule has 2 rings (SSSR count). The molecule has 0 spiro atoms. The van der Waals surface area contributed by atoms with Crippen LogP contribution in [0, 0.1) is 5.92 Å². The highest BCUT2D eigenvalue weighted by molar-refractivity contribution is 5.98. The first-order valence-electron chi connectivity index (χ1n) is 5.56. The van der Waals surface area contributed by atoms with Crippen molar-refractivity contribution >= 4 is 11.8 Å². The van der Waals surface area contributed by atoms with Gasteiger partial charge in [-0.3, -0.25) is 14.5 Å². The van der Waals surface area contributed by atoms with Gasteiger partial charge in [0.2, 0.25) is 11.8 Å². The summed E-state index contributed by atoms with van der Waals surface area (Å²) < 4.78 is 0. The Balaban J connectivity index is 2.13. The third-order valence-corrected chi connectivity index (χ3v) is 2.96. The van der Waals surface area contributed by atoms with E-state index in [1.54, 1.807) is 0 Å². The van der Waals surface area contributed by atoms with Gasteiger partial charge < -0.3 is 0 Å². The molecule has 0 N–H and O–H groups in total. The van der Waals surface area contributed by atoms with Crippen molar-refractivity contribution in [1.29, 1.82) is 0 Å². The van der Waals surface area contributed by atoms with Gasteiger partial charge in [0.1, 0.15) is 0 Å². The second kappa shape index (κ2) is 4.47. The average Bonchev–Trinajstić information content (AvgIpc) is 2.31. The van der Waals surface area contributed by atoms with Crippen LogP contribution >= 0.6 is 0 Å². The van der Waals surface area contributed by atoms with Crippen molar-refractivity contribution < 1.29 is 9.59 Å². The Morgan fingerprint density at radius 1 is 1.25 bits per heavy atom. The molecule has 1 heterocycles. The molecule has 1 aliphatic rings. The van der Waals surface area contributed by atoms with E-state index < -0.39 is 0 Å². The predicted octanol–water partition coefficient (Wildman–Crippen LogP) is 1.97. The van der Waals surface area contributed by atoms with Crippen molar-refractivity contribution in [3.8, 4) is 0 Å². The van der Waals surface area contributed by atoms with Gasteiger partial charge in [-0.25, -0.2) is 0 Å². The van der Waals surface area contributed by atoms with Gasteiger partial charge in [0.15, 0.2) is 0 Å². The normalized spacial score (nSPS) is 21.3. The maximum atomic E-state index is 11.8. The number of imide groups is 1. The fourth-order valence-corrected chi connectivity index (χ4v) is 1.92. The van der Waals surface area contributed by atoms with Crippen LogP contribution in [0.2, 0.25) is 0 Å². The Bertz CT molecular complexity index is 400. The van der Waals surface area contributed by atoms with Crippen LogP contribution in [0.3, 0.4) is 0 Å². The van der Waals surface area contributed by atoms with E-state index in [1.165, 1.54) is 4.90 Å². The first-order chi connectivity index (χ1) is 7.68. The van der Waals surface area contributed by atoms with Crippen molar-refractivity contribution in [3.63, 3.8) is 0 Å². The van der Waals surface area contributed by atoms with Gasteiger partial charge in [0.05, 0.1) is 6.54 Å². The van der Waals surface area contributed by atoms with Crippen molar-refractivity contribution in [2.75, 3.05) is 0 Å². The summed E-state index contributed by atoms with van der Waals surface area (Å²) in [5.41, 5.74) is 0.998. The third-order valence-electron chi connectivity index (χ3n) is 2.96. The molecule has 1 atom stereocenters. The lowest BCUT2D eigenvalue weighted by molar-refractivity contribution is -0.152. The Morgan fingerprint density at radius 3 is 2.62 bits per heavy atom. The van der Waals surface area contributed by atoms with Gasteiger partial charge in [0.25, 0.3) is 0 Å². The summed E-state index contributed by atoms with van der Waals surface area (Å²) in [6.07, 6.45) is 1.17. The minimum Gasteiger partial charge on any atom is -0.278 e. The molecule has 16 heavy (non-hydrogen) atoms. The highest BCUT2D eigenvalue weighted by atomic mass is 16.2. The molecule has 1 unspecified atom stereocenters. The largest absolute Gasteiger partial charge is 0.278 e. The Kier molecular flexibility index (Phi) is 3.04. The van der Waals surface area contributed by atoms with E-state index in [2.05, 4.69) is 0 Å². The Morgan fingerprint density at radius 2 is 1.94 bits per heavy atom. The molecule has 1 aliphatic heterocycles. The first kappa shape index (κ1) is 10.9. The lowest BCUT2D eigenvalue weighted by atomic mass is 9.98. The summed E-state index contributed by atoms with van der Waals surface area (Å²) in [6.45, 7) is 2.29. The molecular weight excluding hydrogens is 202 g/mol. The predicted molar refractivity (Wildman–Crippen MR) is 60.4 cm³/mol. The molecule has 1 aromatic carbocycles. The summed E-state index contributed by atoms with van der Waals surface area (Å²) in [5.74, 6) is -0.117. The number of hydrogen-bond acceptors (Lipinski definition) is 2. The number of amides is 2. The summed E-state index contributed by atoms with van der Waals surface area (Å²) in [5, 5.41) is 0. The maximum Gasteiger partial charge on any atom is 0.232 e. The second-order valence-corrected chi connectivity index (χ2v) is 4.24. The van der Waals surface area contributed by atoms with Crippen LogP contribution in [0.1, 0.15) is 25.3 Å². The molecule has 1 fully saturated rings. The summed E-state index contributed by atoms with van der Waals surface area (Å²) >= 11 is 0. The van der Waals surface area contributed by atoms with Crippen LogP contribution in [0.5, 0.6) is 0 Å². The molecule has 1 aromatic rings. The quantitative estimate of drug-likeness (QED) is 0.710. The van der Waals surface area contributed by atoms with E-state index in [-0.39, 0.29) is 17.7 Å². The van der Waals surface area contributed by atoms with E-state index in [9.17, 15) is 9.59 Å². The molecule has 0 aliphatic carbocycles. The molecule has 84 valence electrons. The smallest absolute Gasteiger partial charge is 0.232 e. The average molecular weight is 217 g/mol. The fraction of sp³-hybridized carbons (Fsp3) is 0.385. The first-order valence-corrected chi connectivity index (χ1v) is 5.56. The number of likely N-dealkylation sites (tertiary alicyclic amines) is 1. The number of hydrogen-bond donors (Lipinski definition) is 0. The zero-order valence-electron chi connectivity index (χ0n) is 9.35. The number of benzene rings is 1. The van der Waals surface area contributed by atoms with E-state index in [0.717, 1.165) is 5.56 Å². The number of nitrogens with zero attached hydrogens (tertiary/aromatic N) is 1. The van der Waals surface area contributed by atoms with Crippen LogP contribution in [-0.4, -0.2) is 16.7 Å². The van der Waals surface area contributed by atoms with Crippen molar-refractivity contribution in [1.82, 2.24) is 4.90 Å². The van der Waals surface area contributed by atoms with Gasteiger partial charge >= 0.3 is 0 Å². The third kappa shape index (κ3) is 2.13. The minimum atomic E-state index is -0.0491. The van der Waals surface area contributed by atoms with Crippen molar-refractivity contribution in [2.45, 2.75) is 26.3 Å². The van der Waals surface area contributed by atoms with Gasteiger partial charge in [-0.2, -0.15) is 0 Å². The fourth-order valence-electron chi connectivity index (χ4n) is 1.92. The summed E-state index contributed by atoms with van der Waals surface area (Å²) in [4.78, 5) is 24.9. The molecule has 1 saturated heterocycles. The maximum absolute atomic E-state index is 11.8. The minimum absolute atomic E-state index is 0.0265. The van der Waals surface area contributed by atoms with Crippen LogP contribution in [0.4, 0.5) is 0 Å². The highest BCUT2D eigenvalue weighted by Gasteiger charge is 2.31. The molecule has 0 aromatic heterocycles. The summed E-state index contributed by atoms with van der Waals surface area (Å²) in [6, 6.07) is 9.61. The topological polar surface area (TPSA) is 37.4 Å². The molecule has 0 bridgehead atoms.